The van der Waals surface area contributed by atoms with Crippen molar-refractivity contribution in [1.29, 1.82) is 0 Å². The van der Waals surface area contributed by atoms with Gasteiger partial charge in [0.25, 0.3) is 0 Å². The first-order chi connectivity index (χ1) is 8.95. The topological polar surface area (TPSA) is 110 Å². The number of halogens is 2. The van der Waals surface area contributed by atoms with Crippen LogP contribution in [-0.2, 0) is 0 Å². The van der Waals surface area contributed by atoms with E-state index in [9.17, 15) is 4.39 Å². The molecule has 0 aliphatic heterocycles. The monoisotopic (exact) mass is 286 g/mol. The van der Waals surface area contributed by atoms with Gasteiger partial charge in [0.05, 0.1) is 12.3 Å². The fourth-order valence-corrected chi connectivity index (χ4v) is 1.51. The Bertz CT molecular complexity index is 516. The van der Waals surface area contributed by atoms with Crippen molar-refractivity contribution in [3.8, 4) is 0 Å². The highest BCUT2D eigenvalue weighted by molar-refractivity contribution is 6.30. The predicted molar refractivity (Wildman–Crippen MR) is 74.1 cm³/mol. The minimum Gasteiger partial charge on any atom is -0.398 e. The largest absolute Gasteiger partial charge is 0.398 e. The third kappa shape index (κ3) is 4.35. The molecule has 0 saturated carbocycles. The highest BCUT2D eigenvalue weighted by atomic mass is 35.5. The van der Waals surface area contributed by atoms with Gasteiger partial charge in [0.15, 0.2) is 0 Å². The van der Waals surface area contributed by atoms with Crippen molar-refractivity contribution in [2.24, 2.45) is 17.2 Å². The number of aliphatic hydroxyl groups excluding tert-OH is 1. The van der Waals surface area contributed by atoms with Gasteiger partial charge >= 0.3 is 0 Å². The zero-order chi connectivity index (χ0) is 14.4. The maximum absolute atomic E-state index is 13.6. The lowest BCUT2D eigenvalue weighted by Gasteiger charge is -2.08. The second-order valence-corrected chi connectivity index (χ2v) is 4.18. The van der Waals surface area contributed by atoms with Crippen molar-refractivity contribution < 1.29 is 9.50 Å². The summed E-state index contributed by atoms with van der Waals surface area (Å²) in [6, 6.07) is 4.03. The second kappa shape index (κ2) is 6.86. The van der Waals surface area contributed by atoms with Gasteiger partial charge in [-0.15, -0.1) is 0 Å². The predicted octanol–water partition coefficient (Wildman–Crippen LogP) is 0.447. The number of aliphatic hydroxyl groups is 1. The quantitative estimate of drug-likeness (QED) is 0.505. The van der Waals surface area contributed by atoms with Crippen LogP contribution in [0.3, 0.4) is 0 Å². The Kier molecular flexibility index (Phi) is 5.47. The molecule has 1 aromatic carbocycles. The number of nitrogens with one attached hydrogen (secondary N) is 1. The summed E-state index contributed by atoms with van der Waals surface area (Å²) in [4.78, 5) is 0. The molecule has 104 valence electrons. The van der Waals surface area contributed by atoms with E-state index in [-0.39, 0.29) is 35.9 Å². The van der Waals surface area contributed by atoms with Crippen molar-refractivity contribution in [2.45, 2.75) is 0 Å². The van der Waals surface area contributed by atoms with Crippen LogP contribution in [0.15, 0.2) is 35.8 Å². The maximum Gasteiger partial charge on any atom is 0.132 e. The van der Waals surface area contributed by atoms with Gasteiger partial charge in [0.1, 0.15) is 11.6 Å². The third-order valence-electron chi connectivity index (χ3n) is 2.29. The van der Waals surface area contributed by atoms with Crippen LogP contribution < -0.4 is 22.5 Å². The van der Waals surface area contributed by atoms with E-state index in [1.54, 1.807) is 0 Å². The lowest BCUT2D eigenvalue weighted by molar-refractivity contribution is 0.296. The Morgan fingerprint density at radius 3 is 2.68 bits per heavy atom. The highest BCUT2D eigenvalue weighted by Gasteiger charge is 2.06. The first kappa shape index (κ1) is 15.1. The Morgan fingerprint density at radius 1 is 1.37 bits per heavy atom. The smallest absolute Gasteiger partial charge is 0.132 e. The zero-order valence-electron chi connectivity index (χ0n) is 10.2. The lowest BCUT2D eigenvalue weighted by Crippen LogP contribution is -2.27. The summed E-state index contributed by atoms with van der Waals surface area (Å²) >= 11 is 5.77. The standard InChI is InChI=1S/C12H16ClFN4O/c13-7-1-2-9(14)8(5-7)10(15)6-11(16)12(17)18-3-4-19/h1-2,5-6,18-19H,3-4,15-17H2/b10-6-,12-11-. The van der Waals surface area contributed by atoms with E-state index in [0.29, 0.717) is 5.02 Å². The summed E-state index contributed by atoms with van der Waals surface area (Å²) in [6.07, 6.45) is 1.33. The molecule has 0 aromatic heterocycles. The van der Waals surface area contributed by atoms with E-state index < -0.39 is 5.82 Å². The van der Waals surface area contributed by atoms with Crippen LogP contribution in [0.4, 0.5) is 4.39 Å². The van der Waals surface area contributed by atoms with Gasteiger partial charge in [0.2, 0.25) is 0 Å². The molecule has 8 N–H and O–H groups in total. The number of nitrogens with two attached hydrogens (primary N) is 3. The molecule has 0 bridgehead atoms. The van der Waals surface area contributed by atoms with Crippen molar-refractivity contribution in [3.63, 3.8) is 0 Å². The summed E-state index contributed by atoms with van der Waals surface area (Å²) in [6.45, 7) is 0.169. The average Bonchev–Trinajstić information content (AvgIpc) is 2.38. The summed E-state index contributed by atoms with van der Waals surface area (Å²) in [5.74, 6) is -0.354. The molecule has 0 saturated heterocycles. The minimum atomic E-state index is -0.507. The average molecular weight is 287 g/mol. The molecule has 1 aromatic rings. The Morgan fingerprint density at radius 2 is 2.05 bits per heavy atom. The summed E-state index contributed by atoms with van der Waals surface area (Å²) in [5, 5.41) is 11.7. The van der Waals surface area contributed by atoms with Crippen LogP contribution in [0.2, 0.25) is 5.02 Å². The van der Waals surface area contributed by atoms with Crippen molar-refractivity contribution >= 4 is 17.3 Å². The number of rotatable bonds is 5. The molecule has 0 heterocycles. The van der Waals surface area contributed by atoms with Gasteiger partial charge in [-0.1, -0.05) is 11.6 Å². The van der Waals surface area contributed by atoms with Gasteiger partial charge in [0, 0.05) is 22.8 Å². The molecule has 0 amide bonds. The normalized spacial score (nSPS) is 13.1. The van der Waals surface area contributed by atoms with Crippen molar-refractivity contribution in [3.05, 3.63) is 52.2 Å². The molecule has 0 radical (unpaired) electrons. The van der Waals surface area contributed by atoms with E-state index in [1.807, 2.05) is 0 Å². The van der Waals surface area contributed by atoms with Crippen LogP contribution in [0.25, 0.3) is 5.70 Å². The molecule has 0 aliphatic rings. The fourth-order valence-electron chi connectivity index (χ4n) is 1.33. The molecule has 0 unspecified atom stereocenters. The summed E-state index contributed by atoms with van der Waals surface area (Å²) < 4.78 is 13.6. The van der Waals surface area contributed by atoms with Gasteiger partial charge in [-0.05, 0) is 24.3 Å². The van der Waals surface area contributed by atoms with Crippen LogP contribution in [0.1, 0.15) is 5.56 Å². The van der Waals surface area contributed by atoms with Crippen LogP contribution >= 0.6 is 11.6 Å². The van der Waals surface area contributed by atoms with Crippen LogP contribution in [0.5, 0.6) is 0 Å². The maximum atomic E-state index is 13.6. The van der Waals surface area contributed by atoms with Crippen molar-refractivity contribution in [2.75, 3.05) is 13.2 Å². The molecule has 1 rings (SSSR count). The number of allylic oxidation sites excluding steroid dienone is 1. The molecule has 19 heavy (non-hydrogen) atoms. The second-order valence-electron chi connectivity index (χ2n) is 3.74. The van der Waals surface area contributed by atoms with Gasteiger partial charge < -0.3 is 27.6 Å². The number of benzene rings is 1. The summed E-state index contributed by atoms with van der Waals surface area (Å²) in [5.41, 5.74) is 17.4. The van der Waals surface area contributed by atoms with E-state index >= 15 is 0 Å². The number of hydrogen-bond donors (Lipinski definition) is 5. The van der Waals surface area contributed by atoms with Crippen LogP contribution in [-0.4, -0.2) is 18.3 Å². The van der Waals surface area contributed by atoms with Gasteiger partial charge in [-0.2, -0.15) is 0 Å². The Labute approximate surface area is 115 Å². The van der Waals surface area contributed by atoms with E-state index in [1.165, 1.54) is 24.3 Å². The van der Waals surface area contributed by atoms with E-state index in [0.717, 1.165) is 0 Å². The SMILES string of the molecule is N/C(=C\C(N)=C(/N)NCCO)c1cc(Cl)ccc1F. The van der Waals surface area contributed by atoms with Crippen LogP contribution in [0, 0.1) is 5.82 Å². The summed E-state index contributed by atoms with van der Waals surface area (Å²) in [7, 11) is 0. The lowest BCUT2D eigenvalue weighted by atomic mass is 10.1. The Hall–Kier alpha value is -1.92. The molecule has 0 spiro atoms. The third-order valence-corrected chi connectivity index (χ3v) is 2.52. The van der Waals surface area contributed by atoms with Gasteiger partial charge in [-0.25, -0.2) is 4.39 Å². The molecule has 0 atom stereocenters. The molecule has 0 aliphatic carbocycles. The molecular weight excluding hydrogens is 271 g/mol. The van der Waals surface area contributed by atoms with Crippen molar-refractivity contribution in [1.82, 2.24) is 5.32 Å². The molecule has 7 heteroatoms. The fraction of sp³-hybridized carbons (Fsp3) is 0.167. The van der Waals surface area contributed by atoms with E-state index in [4.69, 9.17) is 33.9 Å². The molecular formula is C12H16ClFN4O. The first-order valence-corrected chi connectivity index (χ1v) is 5.86. The zero-order valence-corrected chi connectivity index (χ0v) is 10.9. The molecule has 0 fully saturated rings. The first-order valence-electron chi connectivity index (χ1n) is 5.48. The molecule has 5 nitrogen and oxygen atoms in total. The minimum absolute atomic E-state index is 0.0872. The highest BCUT2D eigenvalue weighted by Crippen LogP contribution is 2.19. The number of hydrogen-bond acceptors (Lipinski definition) is 5. The van der Waals surface area contributed by atoms with Gasteiger partial charge in [-0.3, -0.25) is 0 Å². The Balaban J connectivity index is 3.01. The van der Waals surface area contributed by atoms with E-state index in [2.05, 4.69) is 5.32 Å².